The SMILES string of the molecule is Cc1cccc(C)c1-n1nnnc1SCC(=O)N1CCC[C@H](c2nc3ccccc3s2)C1. The third-order valence-electron chi connectivity index (χ3n) is 5.85. The van der Waals surface area contributed by atoms with Crippen LogP contribution in [0.3, 0.4) is 0 Å². The van der Waals surface area contributed by atoms with E-state index in [1.165, 1.54) is 16.5 Å². The standard InChI is InChI=1S/C23H24N6OS2/c1-15-7-5-8-16(2)21(15)29-23(25-26-27-29)31-14-20(30)28-12-6-9-17(13-28)22-24-18-10-3-4-11-19(18)32-22/h3-5,7-8,10-11,17H,6,9,12-14H2,1-2H3/t17-/m0/s1. The quantitative estimate of drug-likeness (QED) is 0.408. The number of aromatic nitrogens is 5. The Morgan fingerprint density at radius 2 is 1.97 bits per heavy atom. The molecule has 2 aromatic heterocycles. The maximum absolute atomic E-state index is 13.0. The predicted octanol–water partition coefficient (Wildman–Crippen LogP) is 4.39. The van der Waals surface area contributed by atoms with E-state index in [0.29, 0.717) is 16.8 Å². The highest BCUT2D eigenvalue weighted by atomic mass is 32.2. The fourth-order valence-corrected chi connectivity index (χ4v) is 6.11. The van der Waals surface area contributed by atoms with Gasteiger partial charge in [-0.2, -0.15) is 4.68 Å². The molecule has 1 saturated heterocycles. The first-order valence-corrected chi connectivity index (χ1v) is 12.5. The van der Waals surface area contributed by atoms with Gasteiger partial charge in [-0.05, 0) is 60.4 Å². The van der Waals surface area contributed by atoms with Gasteiger partial charge in [0.15, 0.2) is 0 Å². The minimum atomic E-state index is 0.122. The highest BCUT2D eigenvalue weighted by Gasteiger charge is 2.27. The fourth-order valence-electron chi connectivity index (χ4n) is 4.24. The Morgan fingerprint density at radius 3 is 2.78 bits per heavy atom. The molecule has 1 atom stereocenters. The third-order valence-corrected chi connectivity index (χ3v) is 7.95. The monoisotopic (exact) mass is 464 g/mol. The zero-order valence-corrected chi connectivity index (χ0v) is 19.7. The summed E-state index contributed by atoms with van der Waals surface area (Å²) in [5.74, 6) is 0.740. The molecule has 7 nitrogen and oxygen atoms in total. The van der Waals surface area contributed by atoms with Crippen molar-refractivity contribution >= 4 is 39.2 Å². The predicted molar refractivity (Wildman–Crippen MR) is 128 cm³/mol. The van der Waals surface area contributed by atoms with Crippen molar-refractivity contribution in [1.29, 1.82) is 0 Å². The van der Waals surface area contributed by atoms with Crippen LogP contribution < -0.4 is 0 Å². The first kappa shape index (κ1) is 21.1. The maximum Gasteiger partial charge on any atom is 0.233 e. The number of aryl methyl sites for hydroxylation is 2. The van der Waals surface area contributed by atoms with E-state index in [1.807, 2.05) is 49.1 Å². The van der Waals surface area contributed by atoms with Gasteiger partial charge in [0.05, 0.1) is 26.7 Å². The minimum absolute atomic E-state index is 0.122. The highest BCUT2D eigenvalue weighted by molar-refractivity contribution is 7.99. The number of fused-ring (bicyclic) bond motifs is 1. The number of thiazole rings is 1. The van der Waals surface area contributed by atoms with E-state index in [9.17, 15) is 4.79 Å². The van der Waals surface area contributed by atoms with E-state index in [1.54, 1.807) is 16.0 Å². The number of nitrogens with zero attached hydrogens (tertiary/aromatic N) is 6. The van der Waals surface area contributed by atoms with Crippen molar-refractivity contribution < 1.29 is 4.79 Å². The van der Waals surface area contributed by atoms with Crippen molar-refractivity contribution in [2.45, 2.75) is 37.8 Å². The lowest BCUT2D eigenvalue weighted by molar-refractivity contribution is -0.129. The topological polar surface area (TPSA) is 76.8 Å². The normalized spacial score (nSPS) is 16.6. The lowest BCUT2D eigenvalue weighted by Gasteiger charge is -2.31. The number of tetrazole rings is 1. The Labute approximate surface area is 194 Å². The van der Waals surface area contributed by atoms with Crippen LogP contribution in [0.1, 0.15) is 34.9 Å². The fraction of sp³-hybridized carbons (Fsp3) is 0.348. The highest BCUT2D eigenvalue weighted by Crippen LogP contribution is 2.33. The number of carbonyl (C=O) groups is 1. The van der Waals surface area contributed by atoms with Crippen molar-refractivity contribution in [2.24, 2.45) is 0 Å². The Balaban J connectivity index is 1.26. The molecule has 2 aromatic carbocycles. The number of rotatable bonds is 5. The van der Waals surface area contributed by atoms with E-state index in [-0.39, 0.29) is 5.91 Å². The number of piperidine rings is 1. The van der Waals surface area contributed by atoms with Gasteiger partial charge in [0.25, 0.3) is 0 Å². The molecule has 0 N–H and O–H groups in total. The summed E-state index contributed by atoms with van der Waals surface area (Å²) in [5, 5.41) is 14.0. The van der Waals surface area contributed by atoms with Gasteiger partial charge in [0.1, 0.15) is 0 Å². The van der Waals surface area contributed by atoms with Gasteiger partial charge in [-0.3, -0.25) is 4.79 Å². The van der Waals surface area contributed by atoms with Crippen LogP contribution in [-0.4, -0.2) is 54.8 Å². The summed E-state index contributed by atoms with van der Waals surface area (Å²) < 4.78 is 2.95. The molecule has 0 aliphatic carbocycles. The van der Waals surface area contributed by atoms with E-state index < -0.39 is 0 Å². The molecule has 1 fully saturated rings. The molecule has 0 bridgehead atoms. The summed E-state index contributed by atoms with van der Waals surface area (Å²) in [6, 6.07) is 14.3. The number of thioether (sulfide) groups is 1. The number of carbonyl (C=O) groups excluding carboxylic acids is 1. The van der Waals surface area contributed by atoms with E-state index in [2.05, 4.69) is 27.7 Å². The van der Waals surface area contributed by atoms with Crippen molar-refractivity contribution in [1.82, 2.24) is 30.1 Å². The van der Waals surface area contributed by atoms with E-state index >= 15 is 0 Å². The lowest BCUT2D eigenvalue weighted by atomic mass is 9.99. The molecule has 0 saturated carbocycles. The molecule has 0 unspecified atom stereocenters. The average Bonchev–Trinajstić information content (AvgIpc) is 3.44. The van der Waals surface area contributed by atoms with Crippen LogP contribution in [0.25, 0.3) is 15.9 Å². The third kappa shape index (κ3) is 4.14. The van der Waals surface area contributed by atoms with Gasteiger partial charge in [-0.1, -0.05) is 42.1 Å². The smallest absolute Gasteiger partial charge is 0.233 e. The molecule has 0 radical (unpaired) electrons. The van der Waals surface area contributed by atoms with Crippen molar-refractivity contribution in [2.75, 3.05) is 18.8 Å². The largest absolute Gasteiger partial charge is 0.341 e. The molecular weight excluding hydrogens is 440 g/mol. The lowest BCUT2D eigenvalue weighted by Crippen LogP contribution is -2.40. The van der Waals surface area contributed by atoms with Gasteiger partial charge >= 0.3 is 0 Å². The number of benzene rings is 2. The molecule has 9 heteroatoms. The second-order valence-corrected chi connectivity index (χ2v) is 10.1. The van der Waals surface area contributed by atoms with Crippen LogP contribution in [-0.2, 0) is 4.79 Å². The Kier molecular flexibility index (Phi) is 5.93. The maximum atomic E-state index is 13.0. The molecule has 1 aliphatic rings. The van der Waals surface area contributed by atoms with Gasteiger partial charge in [-0.25, -0.2) is 4.98 Å². The summed E-state index contributed by atoms with van der Waals surface area (Å²) in [5.41, 5.74) is 4.21. The van der Waals surface area contributed by atoms with Crippen LogP contribution in [0.4, 0.5) is 0 Å². The van der Waals surface area contributed by atoms with Gasteiger partial charge < -0.3 is 4.90 Å². The summed E-state index contributed by atoms with van der Waals surface area (Å²) in [4.78, 5) is 19.8. The average molecular weight is 465 g/mol. The van der Waals surface area contributed by atoms with Gasteiger partial charge in [0.2, 0.25) is 11.1 Å². The second-order valence-electron chi connectivity index (χ2n) is 8.10. The van der Waals surface area contributed by atoms with Crippen LogP contribution >= 0.6 is 23.1 Å². The van der Waals surface area contributed by atoms with Crippen molar-refractivity contribution in [3.8, 4) is 5.69 Å². The first-order chi connectivity index (χ1) is 15.6. The van der Waals surface area contributed by atoms with Crippen LogP contribution in [0.2, 0.25) is 0 Å². The molecule has 4 aromatic rings. The van der Waals surface area contributed by atoms with Crippen molar-refractivity contribution in [3.05, 3.63) is 58.6 Å². The molecule has 1 amide bonds. The van der Waals surface area contributed by atoms with Crippen molar-refractivity contribution in [3.63, 3.8) is 0 Å². The van der Waals surface area contributed by atoms with E-state index in [4.69, 9.17) is 4.98 Å². The molecule has 3 heterocycles. The first-order valence-electron chi connectivity index (χ1n) is 10.7. The second kappa shape index (κ2) is 8.99. The van der Waals surface area contributed by atoms with Gasteiger partial charge in [-0.15, -0.1) is 16.4 Å². The van der Waals surface area contributed by atoms with Crippen LogP contribution in [0.15, 0.2) is 47.6 Å². The molecule has 5 rings (SSSR count). The molecular formula is C23H24N6OS2. The number of likely N-dealkylation sites (tertiary alicyclic amines) is 1. The summed E-state index contributed by atoms with van der Waals surface area (Å²) in [6.45, 7) is 5.60. The molecule has 0 spiro atoms. The molecule has 1 aliphatic heterocycles. The van der Waals surface area contributed by atoms with Gasteiger partial charge in [0, 0.05) is 19.0 Å². The summed E-state index contributed by atoms with van der Waals surface area (Å²) in [6.07, 6.45) is 2.07. The Morgan fingerprint density at radius 1 is 1.16 bits per heavy atom. The number of hydrogen-bond donors (Lipinski definition) is 0. The number of para-hydroxylation sites is 2. The summed E-state index contributed by atoms with van der Waals surface area (Å²) in [7, 11) is 0. The minimum Gasteiger partial charge on any atom is -0.341 e. The van der Waals surface area contributed by atoms with Crippen LogP contribution in [0, 0.1) is 13.8 Å². The summed E-state index contributed by atoms with van der Waals surface area (Å²) >= 11 is 3.14. The zero-order chi connectivity index (χ0) is 22.1. The van der Waals surface area contributed by atoms with E-state index in [0.717, 1.165) is 53.3 Å². The Bertz CT molecular complexity index is 1210. The number of amides is 1. The number of hydrogen-bond acceptors (Lipinski definition) is 7. The van der Waals surface area contributed by atoms with Crippen LogP contribution in [0.5, 0.6) is 0 Å². The molecule has 32 heavy (non-hydrogen) atoms. The zero-order valence-electron chi connectivity index (χ0n) is 18.1. The Hall–Kier alpha value is -2.78. The molecule has 164 valence electrons.